The number of hydrogen-bond acceptors (Lipinski definition) is 2. The summed E-state index contributed by atoms with van der Waals surface area (Å²) in [5.74, 6) is 0.998. The second-order valence-corrected chi connectivity index (χ2v) is 3.71. The lowest BCUT2D eigenvalue weighted by Gasteiger charge is -2.24. The van der Waals surface area contributed by atoms with Crippen molar-refractivity contribution in [3.05, 3.63) is 0 Å². The fourth-order valence-corrected chi connectivity index (χ4v) is 1.87. The summed E-state index contributed by atoms with van der Waals surface area (Å²) in [5.41, 5.74) is 0. The number of methoxy groups -OCH3 is 1. The Bertz CT molecular complexity index is 168. The zero-order valence-corrected chi connectivity index (χ0v) is 7.96. The number of nitrogens with one attached hydrogen (secondary N) is 1. The minimum atomic E-state index is 0.155. The molecule has 0 aromatic rings. The second-order valence-electron chi connectivity index (χ2n) is 3.71. The number of carbonyl (C=O) groups is 1. The fourth-order valence-electron chi connectivity index (χ4n) is 1.87. The quantitative estimate of drug-likeness (QED) is 0.682. The van der Waals surface area contributed by atoms with E-state index in [-0.39, 0.29) is 12.0 Å². The first kappa shape index (κ1) is 9.52. The molecule has 1 rings (SSSR count). The van der Waals surface area contributed by atoms with Crippen LogP contribution in [-0.2, 0) is 9.53 Å². The predicted octanol–water partition coefficient (Wildman–Crippen LogP) is 0.793. The molecule has 1 N–H and O–H groups in total. The predicted molar refractivity (Wildman–Crippen MR) is 46.8 cm³/mol. The molecule has 0 saturated carbocycles. The zero-order chi connectivity index (χ0) is 9.14. The van der Waals surface area contributed by atoms with Gasteiger partial charge in [-0.2, -0.15) is 0 Å². The summed E-state index contributed by atoms with van der Waals surface area (Å²) in [5, 5.41) is 2.82. The minimum Gasteiger partial charge on any atom is -0.381 e. The van der Waals surface area contributed by atoms with E-state index in [2.05, 4.69) is 19.2 Å². The third kappa shape index (κ3) is 1.97. The van der Waals surface area contributed by atoms with Gasteiger partial charge in [0, 0.05) is 26.0 Å². The molecule has 2 unspecified atom stereocenters. The zero-order valence-electron chi connectivity index (χ0n) is 7.96. The third-order valence-corrected chi connectivity index (χ3v) is 2.40. The molecule has 1 amide bonds. The van der Waals surface area contributed by atoms with Crippen LogP contribution in [0, 0.1) is 11.8 Å². The number of carbonyl (C=O) groups excluding carboxylic acids is 1. The van der Waals surface area contributed by atoms with Crippen LogP contribution in [0.1, 0.15) is 20.3 Å². The molecule has 0 aromatic heterocycles. The summed E-state index contributed by atoms with van der Waals surface area (Å²) < 4.78 is 5.35. The molecule has 0 aromatic carbocycles. The van der Waals surface area contributed by atoms with Crippen molar-refractivity contribution >= 4 is 5.91 Å². The highest BCUT2D eigenvalue weighted by molar-refractivity contribution is 5.78. The molecule has 0 spiro atoms. The van der Waals surface area contributed by atoms with Crippen molar-refractivity contribution in [3.8, 4) is 0 Å². The Balaban J connectivity index is 2.49. The Morgan fingerprint density at radius 2 is 2.25 bits per heavy atom. The van der Waals surface area contributed by atoms with Crippen molar-refractivity contribution in [2.24, 2.45) is 11.8 Å². The van der Waals surface area contributed by atoms with E-state index in [1.165, 1.54) is 0 Å². The van der Waals surface area contributed by atoms with Crippen molar-refractivity contribution in [2.45, 2.75) is 26.4 Å². The van der Waals surface area contributed by atoms with Gasteiger partial charge in [-0.25, -0.2) is 0 Å². The Hall–Kier alpha value is -0.570. The van der Waals surface area contributed by atoms with E-state index in [4.69, 9.17) is 4.74 Å². The van der Waals surface area contributed by atoms with E-state index in [0.29, 0.717) is 18.3 Å². The Kier molecular flexibility index (Phi) is 3.09. The van der Waals surface area contributed by atoms with Gasteiger partial charge in [0.1, 0.15) is 0 Å². The van der Waals surface area contributed by atoms with Crippen LogP contribution < -0.4 is 5.32 Å². The van der Waals surface area contributed by atoms with E-state index in [1.807, 2.05) is 0 Å². The lowest BCUT2D eigenvalue weighted by molar-refractivity contribution is -0.119. The topological polar surface area (TPSA) is 38.3 Å². The van der Waals surface area contributed by atoms with Crippen LogP contribution in [0.4, 0.5) is 0 Å². The molecule has 1 saturated heterocycles. The van der Waals surface area contributed by atoms with Crippen LogP contribution in [0.5, 0.6) is 0 Å². The summed E-state index contributed by atoms with van der Waals surface area (Å²) in [6, 6.07) is 0. The van der Waals surface area contributed by atoms with E-state index in [9.17, 15) is 4.79 Å². The van der Waals surface area contributed by atoms with Crippen LogP contribution in [0.3, 0.4) is 0 Å². The maximum Gasteiger partial charge on any atom is 0.220 e. The minimum absolute atomic E-state index is 0.155. The standard InChI is InChI=1S/C9H17NO2/c1-6(2)9(12-3)7-4-8(11)10-5-7/h6-7,9H,4-5H2,1-3H3,(H,10,11). The van der Waals surface area contributed by atoms with Gasteiger partial charge in [0.15, 0.2) is 0 Å². The van der Waals surface area contributed by atoms with Crippen molar-refractivity contribution in [3.63, 3.8) is 0 Å². The molecule has 1 heterocycles. The van der Waals surface area contributed by atoms with Gasteiger partial charge >= 0.3 is 0 Å². The molecule has 1 fully saturated rings. The SMILES string of the molecule is COC(C(C)C)C1CNC(=O)C1. The van der Waals surface area contributed by atoms with Gasteiger partial charge < -0.3 is 10.1 Å². The van der Waals surface area contributed by atoms with Gasteiger partial charge in [0.05, 0.1) is 6.10 Å². The van der Waals surface area contributed by atoms with Gasteiger partial charge in [-0.15, -0.1) is 0 Å². The van der Waals surface area contributed by atoms with Crippen LogP contribution in [0.25, 0.3) is 0 Å². The maximum atomic E-state index is 10.9. The van der Waals surface area contributed by atoms with Crippen molar-refractivity contribution in [1.82, 2.24) is 5.32 Å². The van der Waals surface area contributed by atoms with Crippen molar-refractivity contribution < 1.29 is 9.53 Å². The summed E-state index contributed by atoms with van der Waals surface area (Å²) >= 11 is 0. The third-order valence-electron chi connectivity index (χ3n) is 2.40. The number of ether oxygens (including phenoxy) is 1. The molecular formula is C9H17NO2. The van der Waals surface area contributed by atoms with Crippen molar-refractivity contribution in [2.75, 3.05) is 13.7 Å². The van der Waals surface area contributed by atoms with Crippen molar-refractivity contribution in [1.29, 1.82) is 0 Å². The Morgan fingerprint density at radius 3 is 2.58 bits per heavy atom. The molecule has 3 nitrogen and oxygen atoms in total. The highest BCUT2D eigenvalue weighted by Gasteiger charge is 2.30. The first-order valence-electron chi connectivity index (χ1n) is 4.44. The monoisotopic (exact) mass is 171 g/mol. The first-order chi connectivity index (χ1) is 5.65. The maximum absolute atomic E-state index is 10.9. The van der Waals surface area contributed by atoms with Crippen LogP contribution in [0.15, 0.2) is 0 Å². The molecular weight excluding hydrogens is 154 g/mol. The molecule has 0 radical (unpaired) electrons. The lowest BCUT2D eigenvalue weighted by Crippen LogP contribution is -2.29. The molecule has 2 atom stereocenters. The summed E-state index contributed by atoms with van der Waals surface area (Å²) in [4.78, 5) is 10.9. The van der Waals surface area contributed by atoms with Gasteiger partial charge in [-0.1, -0.05) is 13.8 Å². The molecule has 0 aliphatic carbocycles. The van der Waals surface area contributed by atoms with Crippen LogP contribution in [-0.4, -0.2) is 25.7 Å². The average molecular weight is 171 g/mol. The Morgan fingerprint density at radius 1 is 1.58 bits per heavy atom. The molecule has 12 heavy (non-hydrogen) atoms. The molecule has 70 valence electrons. The lowest BCUT2D eigenvalue weighted by atomic mass is 9.92. The van der Waals surface area contributed by atoms with E-state index in [0.717, 1.165) is 6.54 Å². The van der Waals surface area contributed by atoms with Crippen LogP contribution >= 0.6 is 0 Å². The largest absolute Gasteiger partial charge is 0.381 e. The second kappa shape index (κ2) is 3.90. The van der Waals surface area contributed by atoms with E-state index < -0.39 is 0 Å². The number of rotatable bonds is 3. The smallest absolute Gasteiger partial charge is 0.220 e. The summed E-state index contributed by atoms with van der Waals surface area (Å²) in [6.45, 7) is 5.02. The summed E-state index contributed by atoms with van der Waals surface area (Å²) in [6.07, 6.45) is 0.834. The normalized spacial score (nSPS) is 26.0. The fraction of sp³-hybridized carbons (Fsp3) is 0.889. The van der Waals surface area contributed by atoms with Gasteiger partial charge in [0.2, 0.25) is 5.91 Å². The number of amides is 1. The van der Waals surface area contributed by atoms with E-state index >= 15 is 0 Å². The molecule has 0 bridgehead atoms. The van der Waals surface area contributed by atoms with Gasteiger partial charge in [-0.3, -0.25) is 4.79 Å². The summed E-state index contributed by atoms with van der Waals surface area (Å²) in [7, 11) is 1.72. The molecule has 1 aliphatic heterocycles. The highest BCUT2D eigenvalue weighted by Crippen LogP contribution is 2.21. The first-order valence-corrected chi connectivity index (χ1v) is 4.44. The van der Waals surface area contributed by atoms with Crippen LogP contribution in [0.2, 0.25) is 0 Å². The average Bonchev–Trinajstić information content (AvgIpc) is 2.37. The molecule has 3 heteroatoms. The van der Waals surface area contributed by atoms with E-state index in [1.54, 1.807) is 7.11 Å². The highest BCUT2D eigenvalue weighted by atomic mass is 16.5. The Labute approximate surface area is 73.5 Å². The van der Waals surface area contributed by atoms with Gasteiger partial charge in [-0.05, 0) is 5.92 Å². The number of hydrogen-bond donors (Lipinski definition) is 1. The van der Waals surface area contributed by atoms with Gasteiger partial charge in [0.25, 0.3) is 0 Å². The molecule has 1 aliphatic rings.